The topological polar surface area (TPSA) is 93.2 Å². The number of ether oxygens (including phenoxy) is 1. The summed E-state index contributed by atoms with van der Waals surface area (Å²) in [5.41, 5.74) is 1.53. The number of fused-ring (bicyclic) bond motifs is 1. The van der Waals surface area contributed by atoms with Gasteiger partial charge in [-0.15, -0.1) is 0 Å². The van der Waals surface area contributed by atoms with E-state index in [1.807, 2.05) is 24.3 Å². The van der Waals surface area contributed by atoms with Crippen LogP contribution in [0, 0.1) is 22.7 Å². The third kappa shape index (κ3) is 2.67. The number of urea groups is 1. The van der Waals surface area contributed by atoms with E-state index in [0.717, 1.165) is 10.8 Å². The number of aromatic nitrogens is 1. The highest BCUT2D eigenvalue weighted by molar-refractivity contribution is 6.12. The minimum atomic E-state index is -0.680. The lowest BCUT2D eigenvalue weighted by atomic mass is 10.1. The molecule has 0 saturated carbocycles. The number of pyridine rings is 1. The van der Waals surface area contributed by atoms with E-state index in [0.29, 0.717) is 22.7 Å². The summed E-state index contributed by atoms with van der Waals surface area (Å²) in [4.78, 5) is 20.5. The van der Waals surface area contributed by atoms with Gasteiger partial charge in [-0.05, 0) is 12.1 Å². The van der Waals surface area contributed by atoms with E-state index in [9.17, 15) is 10.1 Å². The van der Waals surface area contributed by atoms with Crippen LogP contribution in [0.4, 0.5) is 16.2 Å². The van der Waals surface area contributed by atoms with Gasteiger partial charge in [0.2, 0.25) is 0 Å². The van der Waals surface area contributed by atoms with Gasteiger partial charge in [-0.25, -0.2) is 4.79 Å². The first-order valence-electron chi connectivity index (χ1n) is 8.59. The summed E-state index contributed by atoms with van der Waals surface area (Å²) >= 11 is 0. The molecule has 1 atom stereocenters. The van der Waals surface area contributed by atoms with E-state index in [2.05, 4.69) is 17.1 Å². The number of hydrogen-bond acceptors (Lipinski definition) is 5. The van der Waals surface area contributed by atoms with Crippen molar-refractivity contribution in [3.8, 4) is 17.9 Å². The minimum Gasteiger partial charge on any atom is -0.495 e. The molecule has 7 nitrogen and oxygen atoms in total. The van der Waals surface area contributed by atoms with Crippen LogP contribution in [0.3, 0.4) is 0 Å². The summed E-state index contributed by atoms with van der Waals surface area (Å²) in [6.07, 6.45) is 3.33. The Labute approximate surface area is 161 Å². The van der Waals surface area contributed by atoms with Crippen molar-refractivity contribution in [3.05, 3.63) is 60.4 Å². The highest BCUT2D eigenvalue weighted by Crippen LogP contribution is 2.36. The van der Waals surface area contributed by atoms with Crippen molar-refractivity contribution in [2.45, 2.75) is 6.04 Å². The van der Waals surface area contributed by atoms with Gasteiger partial charge >= 0.3 is 6.03 Å². The van der Waals surface area contributed by atoms with Gasteiger partial charge in [0.05, 0.1) is 48.9 Å². The summed E-state index contributed by atoms with van der Waals surface area (Å²) in [7, 11) is 1.48. The number of amides is 2. The average Bonchev–Trinajstić information content (AvgIpc) is 3.08. The molecule has 0 bridgehead atoms. The van der Waals surface area contributed by atoms with Crippen LogP contribution >= 0.6 is 0 Å². The number of carbonyl (C=O) groups excluding carboxylic acids is 1. The normalized spacial score (nSPS) is 16.1. The van der Waals surface area contributed by atoms with Gasteiger partial charge in [-0.2, -0.15) is 10.5 Å². The Balaban J connectivity index is 1.81. The molecule has 7 heteroatoms. The lowest BCUT2D eigenvalue weighted by molar-refractivity contribution is 0.255. The molecule has 2 heterocycles. The van der Waals surface area contributed by atoms with Gasteiger partial charge in [-0.1, -0.05) is 24.3 Å². The molecule has 1 saturated heterocycles. The largest absolute Gasteiger partial charge is 0.495 e. The zero-order valence-electron chi connectivity index (χ0n) is 15.0. The first-order chi connectivity index (χ1) is 13.7. The molecule has 2 amide bonds. The Morgan fingerprint density at radius 2 is 1.96 bits per heavy atom. The van der Waals surface area contributed by atoms with Crippen LogP contribution in [0.1, 0.15) is 5.56 Å². The number of rotatable bonds is 3. The minimum absolute atomic E-state index is 0.181. The number of carbonyl (C=O) groups is 1. The molecule has 0 N–H and O–H groups in total. The van der Waals surface area contributed by atoms with Crippen LogP contribution in [0.25, 0.3) is 10.8 Å². The van der Waals surface area contributed by atoms with Gasteiger partial charge in [0.15, 0.2) is 0 Å². The van der Waals surface area contributed by atoms with Crippen LogP contribution < -0.4 is 14.5 Å². The van der Waals surface area contributed by atoms with Crippen LogP contribution in [-0.2, 0) is 0 Å². The highest BCUT2D eigenvalue weighted by atomic mass is 16.5. The number of methoxy groups -OCH3 is 1. The summed E-state index contributed by atoms with van der Waals surface area (Å²) in [5, 5.41) is 20.5. The molecular weight excluding hydrogens is 354 g/mol. The Hall–Kier alpha value is -4.10. The molecular formula is C21H15N5O2. The highest BCUT2D eigenvalue weighted by Gasteiger charge is 2.41. The lowest BCUT2D eigenvalue weighted by Crippen LogP contribution is -2.34. The van der Waals surface area contributed by atoms with Crippen molar-refractivity contribution < 1.29 is 9.53 Å². The Morgan fingerprint density at radius 3 is 2.71 bits per heavy atom. The van der Waals surface area contributed by atoms with E-state index in [1.54, 1.807) is 30.6 Å². The number of benzene rings is 2. The second-order valence-corrected chi connectivity index (χ2v) is 6.29. The Bertz CT molecular complexity index is 1160. The smallest absolute Gasteiger partial charge is 0.330 e. The van der Waals surface area contributed by atoms with Gasteiger partial charge < -0.3 is 4.74 Å². The van der Waals surface area contributed by atoms with E-state index in [4.69, 9.17) is 10.00 Å². The molecule has 1 aliphatic rings. The quantitative estimate of drug-likeness (QED) is 0.705. The molecule has 0 aliphatic carbocycles. The second kappa shape index (κ2) is 6.90. The molecule has 0 radical (unpaired) electrons. The average molecular weight is 369 g/mol. The van der Waals surface area contributed by atoms with Crippen LogP contribution in [0.2, 0.25) is 0 Å². The van der Waals surface area contributed by atoms with E-state index in [-0.39, 0.29) is 12.6 Å². The second-order valence-electron chi connectivity index (χ2n) is 6.29. The fraction of sp³-hybridized carbons (Fsp3) is 0.143. The molecule has 1 aliphatic heterocycles. The van der Waals surface area contributed by atoms with Gasteiger partial charge in [0, 0.05) is 23.0 Å². The van der Waals surface area contributed by atoms with Crippen molar-refractivity contribution >= 4 is 28.2 Å². The number of anilines is 2. The molecule has 4 rings (SSSR count). The maximum Gasteiger partial charge on any atom is 0.330 e. The van der Waals surface area contributed by atoms with Gasteiger partial charge in [0.1, 0.15) is 11.8 Å². The van der Waals surface area contributed by atoms with Crippen LogP contribution in [0.5, 0.6) is 5.75 Å². The molecule has 1 fully saturated rings. The maximum atomic E-state index is 13.3. The van der Waals surface area contributed by atoms with E-state index < -0.39 is 6.04 Å². The summed E-state index contributed by atoms with van der Waals surface area (Å²) in [5.74, 6) is 0.405. The summed E-state index contributed by atoms with van der Waals surface area (Å²) in [6.45, 7) is 0.181. The zero-order valence-corrected chi connectivity index (χ0v) is 15.0. The fourth-order valence-corrected chi connectivity index (χ4v) is 3.43. The van der Waals surface area contributed by atoms with Crippen molar-refractivity contribution in [2.75, 3.05) is 23.5 Å². The van der Waals surface area contributed by atoms with Crippen LogP contribution in [-0.4, -0.2) is 30.7 Å². The fourth-order valence-electron chi connectivity index (χ4n) is 3.43. The monoisotopic (exact) mass is 369 g/mol. The number of hydrogen-bond donors (Lipinski definition) is 0. The third-order valence-electron chi connectivity index (χ3n) is 4.76. The molecule has 0 unspecified atom stereocenters. The predicted molar refractivity (Wildman–Crippen MR) is 104 cm³/mol. The zero-order chi connectivity index (χ0) is 19.7. The lowest BCUT2D eigenvalue weighted by Gasteiger charge is -2.22. The molecule has 2 aromatic carbocycles. The van der Waals surface area contributed by atoms with Crippen LogP contribution in [0.15, 0.2) is 54.9 Å². The van der Waals surface area contributed by atoms with Crippen molar-refractivity contribution in [1.29, 1.82) is 10.5 Å². The summed E-state index contributed by atoms with van der Waals surface area (Å²) < 4.78 is 5.37. The Kier molecular flexibility index (Phi) is 4.27. The maximum absolute atomic E-state index is 13.3. The van der Waals surface area contributed by atoms with E-state index in [1.165, 1.54) is 16.9 Å². The van der Waals surface area contributed by atoms with Crippen molar-refractivity contribution in [3.63, 3.8) is 0 Å². The number of nitrogens with zero attached hydrogens (tertiary/aromatic N) is 5. The SMILES string of the molecule is COc1cc(C#N)ccc1N1C[C@H](C#N)N(c2cncc3ccccc23)C1=O. The molecule has 28 heavy (non-hydrogen) atoms. The molecule has 1 aromatic heterocycles. The number of nitriles is 2. The van der Waals surface area contributed by atoms with Gasteiger partial charge in [-0.3, -0.25) is 14.8 Å². The summed E-state index contributed by atoms with van der Waals surface area (Å²) in [6, 6.07) is 15.7. The first kappa shape index (κ1) is 17.3. The molecule has 3 aromatic rings. The van der Waals surface area contributed by atoms with Crippen molar-refractivity contribution in [2.24, 2.45) is 0 Å². The first-order valence-corrected chi connectivity index (χ1v) is 8.59. The van der Waals surface area contributed by atoms with E-state index >= 15 is 0 Å². The van der Waals surface area contributed by atoms with Crippen molar-refractivity contribution in [1.82, 2.24) is 4.98 Å². The Morgan fingerprint density at radius 1 is 1.14 bits per heavy atom. The molecule has 0 spiro atoms. The molecule has 136 valence electrons. The predicted octanol–water partition coefficient (Wildman–Crippen LogP) is 3.45. The third-order valence-corrected chi connectivity index (χ3v) is 4.76. The standard InChI is InChI=1S/C21H15N5O2/c1-28-20-8-14(9-22)6-7-18(20)25-13-16(10-23)26(21(25)27)19-12-24-11-15-4-2-3-5-17(15)19/h2-8,11-12,16H,13H2,1H3/t16-/m0/s1. The van der Waals surface area contributed by atoms with Gasteiger partial charge in [0.25, 0.3) is 0 Å².